The predicted molar refractivity (Wildman–Crippen MR) is 137 cm³/mol. The fourth-order valence-corrected chi connectivity index (χ4v) is 5.09. The minimum atomic E-state index is -0.989. The number of carboxylic acids is 1. The highest BCUT2D eigenvalue weighted by atomic mass is 79.9. The first-order valence-electron chi connectivity index (χ1n) is 10.7. The van der Waals surface area contributed by atoms with Crippen molar-refractivity contribution in [2.75, 3.05) is 12.4 Å². The van der Waals surface area contributed by atoms with Gasteiger partial charge >= 0.3 is 5.97 Å². The van der Waals surface area contributed by atoms with Crippen LogP contribution in [-0.2, 0) is 17.6 Å². The standard InChI is InChI=1S/C27H27BrO3S/c1-3-19-9-5-7-11-22(19)24(23-12-8-6-10-20(23)4-2)15-16-32-26-14-13-21(17-25(26)28)31-18-27(29)30/h5-15,17H,3-4,16,18H2,1-2H3,(H,29,30). The maximum atomic E-state index is 10.7. The minimum Gasteiger partial charge on any atom is -0.482 e. The van der Waals surface area contributed by atoms with E-state index in [2.05, 4.69) is 84.4 Å². The number of aryl methyl sites for hydroxylation is 2. The lowest BCUT2D eigenvalue weighted by Gasteiger charge is -2.16. The van der Waals surface area contributed by atoms with Crippen LogP contribution in [0.5, 0.6) is 5.75 Å². The molecule has 0 saturated heterocycles. The van der Waals surface area contributed by atoms with Gasteiger partial charge in [0, 0.05) is 15.1 Å². The van der Waals surface area contributed by atoms with Crippen LogP contribution in [0.25, 0.3) is 5.57 Å². The number of carboxylic acid groups (broad SMARTS) is 1. The first-order valence-corrected chi connectivity index (χ1v) is 12.4. The average Bonchev–Trinajstić information content (AvgIpc) is 2.81. The number of hydrogen-bond acceptors (Lipinski definition) is 3. The molecule has 0 aromatic heterocycles. The second kappa shape index (κ2) is 11.9. The van der Waals surface area contributed by atoms with Crippen molar-refractivity contribution in [3.8, 4) is 5.75 Å². The normalized spacial score (nSPS) is 10.6. The lowest BCUT2D eigenvalue weighted by atomic mass is 9.89. The van der Waals surface area contributed by atoms with Crippen LogP contribution < -0.4 is 4.74 Å². The molecule has 0 fully saturated rings. The summed E-state index contributed by atoms with van der Waals surface area (Å²) in [6.07, 6.45) is 4.28. The highest BCUT2D eigenvalue weighted by Crippen LogP contribution is 2.34. The first kappa shape index (κ1) is 24.1. The van der Waals surface area contributed by atoms with Crippen LogP contribution in [0.1, 0.15) is 36.1 Å². The van der Waals surface area contributed by atoms with Gasteiger partial charge in [-0.2, -0.15) is 0 Å². The molecule has 0 bridgehead atoms. The molecule has 0 saturated carbocycles. The van der Waals surface area contributed by atoms with E-state index in [1.807, 2.05) is 12.1 Å². The van der Waals surface area contributed by atoms with Crippen molar-refractivity contribution in [2.24, 2.45) is 0 Å². The molecule has 3 aromatic carbocycles. The van der Waals surface area contributed by atoms with E-state index in [-0.39, 0.29) is 6.61 Å². The first-order chi connectivity index (χ1) is 15.5. The summed E-state index contributed by atoms with van der Waals surface area (Å²) in [5.41, 5.74) is 6.53. The van der Waals surface area contributed by atoms with Gasteiger partial charge in [0.1, 0.15) is 5.75 Å². The van der Waals surface area contributed by atoms with Crippen LogP contribution in [0.4, 0.5) is 0 Å². The Balaban J connectivity index is 1.88. The highest BCUT2D eigenvalue weighted by Gasteiger charge is 2.12. The molecule has 3 nitrogen and oxygen atoms in total. The van der Waals surface area contributed by atoms with Crippen LogP contribution in [0.15, 0.2) is 82.2 Å². The summed E-state index contributed by atoms with van der Waals surface area (Å²) < 4.78 is 6.15. The van der Waals surface area contributed by atoms with Gasteiger partial charge in [0.05, 0.1) is 0 Å². The SMILES string of the molecule is CCc1ccccc1C(=CCSc1ccc(OCC(=O)O)cc1Br)c1ccccc1CC. The molecule has 0 aliphatic heterocycles. The molecule has 0 aliphatic carbocycles. The largest absolute Gasteiger partial charge is 0.482 e. The van der Waals surface area contributed by atoms with Crippen LogP contribution in [0.3, 0.4) is 0 Å². The zero-order chi connectivity index (χ0) is 22.9. The molecule has 1 N–H and O–H groups in total. The monoisotopic (exact) mass is 510 g/mol. The predicted octanol–water partition coefficient (Wildman–Crippen LogP) is 7.26. The van der Waals surface area contributed by atoms with Crippen molar-refractivity contribution in [1.82, 2.24) is 0 Å². The summed E-state index contributed by atoms with van der Waals surface area (Å²) in [5, 5.41) is 8.78. The molecule has 0 aliphatic rings. The van der Waals surface area contributed by atoms with Gasteiger partial charge in [0.2, 0.25) is 0 Å². The Labute approximate surface area is 202 Å². The molecule has 3 aromatic rings. The fourth-order valence-electron chi connectivity index (χ4n) is 3.60. The molecule has 0 spiro atoms. The third-order valence-corrected chi connectivity index (χ3v) is 7.09. The maximum Gasteiger partial charge on any atom is 0.341 e. The van der Waals surface area contributed by atoms with Crippen molar-refractivity contribution < 1.29 is 14.6 Å². The molecule has 0 amide bonds. The third kappa shape index (κ3) is 6.27. The van der Waals surface area contributed by atoms with Crippen LogP contribution in [-0.4, -0.2) is 23.4 Å². The fraction of sp³-hybridized carbons (Fsp3) is 0.222. The van der Waals surface area contributed by atoms with E-state index >= 15 is 0 Å². The number of thioether (sulfide) groups is 1. The molecule has 0 heterocycles. The lowest BCUT2D eigenvalue weighted by Crippen LogP contribution is -2.09. The van der Waals surface area contributed by atoms with Crippen molar-refractivity contribution in [2.45, 2.75) is 31.6 Å². The van der Waals surface area contributed by atoms with E-state index < -0.39 is 5.97 Å². The second-order valence-corrected chi connectivity index (χ2v) is 9.14. The molecule has 5 heteroatoms. The smallest absolute Gasteiger partial charge is 0.341 e. The molecular weight excluding hydrogens is 484 g/mol. The third-order valence-electron chi connectivity index (χ3n) is 5.17. The Kier molecular flexibility index (Phi) is 9.00. The lowest BCUT2D eigenvalue weighted by molar-refractivity contribution is -0.139. The van der Waals surface area contributed by atoms with Crippen molar-refractivity contribution in [3.63, 3.8) is 0 Å². The van der Waals surface area contributed by atoms with E-state index in [9.17, 15) is 4.79 Å². The molecule has 0 atom stereocenters. The van der Waals surface area contributed by atoms with E-state index in [4.69, 9.17) is 9.84 Å². The maximum absolute atomic E-state index is 10.7. The Bertz CT molecular complexity index is 1060. The zero-order valence-electron chi connectivity index (χ0n) is 18.3. The summed E-state index contributed by atoms with van der Waals surface area (Å²) in [4.78, 5) is 11.8. The topological polar surface area (TPSA) is 46.5 Å². The number of hydrogen-bond donors (Lipinski definition) is 1. The zero-order valence-corrected chi connectivity index (χ0v) is 20.7. The number of benzene rings is 3. The molecule has 166 valence electrons. The Morgan fingerprint density at radius 2 is 1.56 bits per heavy atom. The highest BCUT2D eigenvalue weighted by molar-refractivity contribution is 9.10. The Hall–Kier alpha value is -2.50. The molecule has 3 rings (SSSR count). The number of aliphatic carboxylic acids is 1. The Morgan fingerprint density at radius 1 is 0.969 bits per heavy atom. The second-order valence-electron chi connectivity index (χ2n) is 7.22. The number of rotatable bonds is 10. The molecule has 0 unspecified atom stereocenters. The van der Waals surface area contributed by atoms with Crippen LogP contribution in [0, 0.1) is 0 Å². The summed E-state index contributed by atoms with van der Waals surface area (Å²) in [5.74, 6) is 0.352. The van der Waals surface area contributed by atoms with E-state index in [0.717, 1.165) is 28.0 Å². The molecular formula is C27H27BrO3S. The average molecular weight is 511 g/mol. The van der Waals surface area contributed by atoms with Crippen molar-refractivity contribution >= 4 is 39.2 Å². The van der Waals surface area contributed by atoms with Crippen LogP contribution in [0.2, 0.25) is 0 Å². The minimum absolute atomic E-state index is 0.349. The van der Waals surface area contributed by atoms with Gasteiger partial charge in [0.15, 0.2) is 6.61 Å². The number of ether oxygens (including phenoxy) is 1. The summed E-state index contributed by atoms with van der Waals surface area (Å²) in [6.45, 7) is 4.04. The van der Waals surface area contributed by atoms with Gasteiger partial charge in [-0.15, -0.1) is 11.8 Å². The quantitative estimate of drug-likeness (QED) is 0.291. The van der Waals surface area contributed by atoms with Crippen LogP contribution >= 0.6 is 27.7 Å². The summed E-state index contributed by atoms with van der Waals surface area (Å²) >= 11 is 5.32. The van der Waals surface area contributed by atoms with Crippen molar-refractivity contribution in [1.29, 1.82) is 0 Å². The van der Waals surface area contributed by atoms with Gasteiger partial charge in [-0.05, 0) is 74.8 Å². The van der Waals surface area contributed by atoms with E-state index in [1.54, 1.807) is 17.8 Å². The van der Waals surface area contributed by atoms with E-state index in [1.165, 1.54) is 27.8 Å². The van der Waals surface area contributed by atoms with Gasteiger partial charge in [-0.3, -0.25) is 0 Å². The number of halogens is 1. The van der Waals surface area contributed by atoms with Gasteiger partial charge < -0.3 is 9.84 Å². The van der Waals surface area contributed by atoms with Gasteiger partial charge in [-0.1, -0.05) is 68.5 Å². The number of carbonyl (C=O) groups is 1. The molecule has 0 radical (unpaired) electrons. The van der Waals surface area contributed by atoms with E-state index in [0.29, 0.717) is 5.75 Å². The summed E-state index contributed by atoms with van der Waals surface area (Å²) in [7, 11) is 0. The van der Waals surface area contributed by atoms with Gasteiger partial charge in [-0.25, -0.2) is 4.79 Å². The summed E-state index contributed by atoms with van der Waals surface area (Å²) in [6, 6.07) is 22.8. The van der Waals surface area contributed by atoms with Gasteiger partial charge in [0.25, 0.3) is 0 Å². The van der Waals surface area contributed by atoms with Crippen molar-refractivity contribution in [3.05, 3.63) is 99.5 Å². The molecule has 32 heavy (non-hydrogen) atoms. The Morgan fingerprint density at radius 3 is 2.09 bits per heavy atom.